The minimum atomic E-state index is -0.393. The fourth-order valence-electron chi connectivity index (χ4n) is 3.15. The van der Waals surface area contributed by atoms with Crippen LogP contribution in [0, 0.1) is 0 Å². The summed E-state index contributed by atoms with van der Waals surface area (Å²) in [6, 6.07) is 19.1. The van der Waals surface area contributed by atoms with Crippen molar-refractivity contribution >= 4 is 18.7 Å². The molecule has 2 aromatic rings. The van der Waals surface area contributed by atoms with Crippen LogP contribution in [0.25, 0.3) is 11.5 Å². The number of hydrogen-bond donors (Lipinski definition) is 0. The third-order valence-electron chi connectivity index (χ3n) is 5.71. The molecule has 1 saturated heterocycles. The molecule has 1 aliphatic heterocycles. The van der Waals surface area contributed by atoms with E-state index in [1.807, 2.05) is 6.07 Å². The fraction of sp³-hybridized carbons (Fsp3) is 0.417. The minimum Gasteiger partial charge on any atom is -0.399 e. The Hall–Kier alpha value is -1.84. The summed E-state index contributed by atoms with van der Waals surface area (Å²) >= 11 is 0. The summed E-state index contributed by atoms with van der Waals surface area (Å²) < 4.78 is 12.7. The minimum absolute atomic E-state index is 0.131. The van der Waals surface area contributed by atoms with Gasteiger partial charge < -0.3 is 9.31 Å². The van der Waals surface area contributed by atoms with Crippen molar-refractivity contribution in [2.45, 2.75) is 65.1 Å². The van der Waals surface area contributed by atoms with Crippen LogP contribution in [0.5, 0.6) is 0 Å². The molecule has 3 rings (SSSR count). The maximum absolute atomic E-state index is 6.36. The third kappa shape index (κ3) is 4.20. The van der Waals surface area contributed by atoms with E-state index in [-0.39, 0.29) is 16.6 Å². The molecule has 1 heterocycles. The predicted molar refractivity (Wildman–Crippen MR) is 116 cm³/mol. The molecule has 0 atom stereocenters. The van der Waals surface area contributed by atoms with Gasteiger partial charge in [0, 0.05) is 0 Å². The van der Waals surface area contributed by atoms with Crippen LogP contribution >= 0.6 is 0 Å². The largest absolute Gasteiger partial charge is 0.495 e. The molecule has 0 unspecified atom stereocenters. The molecule has 2 aromatic carbocycles. The van der Waals surface area contributed by atoms with Crippen molar-refractivity contribution in [1.29, 1.82) is 0 Å². The van der Waals surface area contributed by atoms with Gasteiger partial charge in [-0.1, -0.05) is 81.4 Å². The number of hydrogen-bond acceptors (Lipinski definition) is 2. The molecule has 1 fully saturated rings. The highest BCUT2D eigenvalue weighted by Gasteiger charge is 2.52. The first-order chi connectivity index (χ1) is 12.5. The molecule has 2 nitrogen and oxygen atoms in total. The van der Waals surface area contributed by atoms with Gasteiger partial charge in [0.2, 0.25) is 0 Å². The Labute approximate surface area is 164 Å². The second kappa shape index (κ2) is 6.96. The normalized spacial score (nSPS) is 19.4. The van der Waals surface area contributed by atoms with Crippen LogP contribution in [-0.2, 0) is 14.7 Å². The third-order valence-corrected chi connectivity index (χ3v) is 5.71. The van der Waals surface area contributed by atoms with Crippen LogP contribution in [0.1, 0.15) is 65.2 Å². The van der Waals surface area contributed by atoms with Crippen molar-refractivity contribution in [3.05, 3.63) is 71.3 Å². The van der Waals surface area contributed by atoms with E-state index in [1.54, 1.807) is 0 Å². The quantitative estimate of drug-likeness (QED) is 0.481. The lowest BCUT2D eigenvalue weighted by molar-refractivity contribution is 0.00578. The average Bonchev–Trinajstić information content (AvgIpc) is 2.80. The topological polar surface area (TPSA) is 18.5 Å². The van der Waals surface area contributed by atoms with E-state index in [1.165, 1.54) is 5.56 Å². The second-order valence-corrected chi connectivity index (χ2v) is 9.43. The lowest BCUT2D eigenvalue weighted by Gasteiger charge is -2.32. The van der Waals surface area contributed by atoms with Gasteiger partial charge in [-0.3, -0.25) is 0 Å². The van der Waals surface area contributed by atoms with E-state index in [4.69, 9.17) is 9.31 Å². The van der Waals surface area contributed by atoms with Crippen molar-refractivity contribution in [2.75, 3.05) is 0 Å². The molecule has 0 aliphatic carbocycles. The molecule has 3 heteroatoms. The molecule has 0 saturated carbocycles. The van der Waals surface area contributed by atoms with E-state index >= 15 is 0 Å². The number of rotatable bonds is 3. The Balaban J connectivity index is 2.03. The maximum atomic E-state index is 6.36. The number of benzene rings is 2. The van der Waals surface area contributed by atoms with E-state index in [2.05, 4.69) is 103 Å². The van der Waals surface area contributed by atoms with Crippen molar-refractivity contribution in [3.63, 3.8) is 0 Å². The summed E-state index contributed by atoms with van der Waals surface area (Å²) in [7, 11) is -0.393. The summed E-state index contributed by atoms with van der Waals surface area (Å²) in [4.78, 5) is 0. The summed E-state index contributed by atoms with van der Waals surface area (Å²) in [5.74, 6) is 0. The molecule has 1 aliphatic rings. The fourth-order valence-corrected chi connectivity index (χ4v) is 3.15. The van der Waals surface area contributed by atoms with Crippen molar-refractivity contribution < 1.29 is 9.31 Å². The highest BCUT2D eigenvalue weighted by molar-refractivity contribution is 6.70. The average molecular weight is 362 g/mol. The standard InChI is InChI=1S/C24H31BO2/c1-22(2,3)20-15-13-19(14-16-20)21(17-18-11-9-8-10-12-18)25-26-23(4,5)24(6,7)27-25/h8-17H,1-7H3/b21-17-. The Bertz CT molecular complexity index is 796. The molecule has 0 bridgehead atoms. The van der Waals surface area contributed by atoms with Crippen LogP contribution in [0.2, 0.25) is 0 Å². The summed E-state index contributed by atoms with van der Waals surface area (Å²) in [5, 5.41) is 0. The van der Waals surface area contributed by atoms with E-state index in [9.17, 15) is 0 Å². The molecule has 0 N–H and O–H groups in total. The molecule has 0 spiro atoms. The lowest BCUT2D eigenvalue weighted by atomic mass is 9.72. The molecule has 0 aromatic heterocycles. The summed E-state index contributed by atoms with van der Waals surface area (Å²) in [6.45, 7) is 15.1. The van der Waals surface area contributed by atoms with Gasteiger partial charge in [0.05, 0.1) is 11.2 Å². The zero-order chi connectivity index (χ0) is 19.9. The highest BCUT2D eigenvalue weighted by Crippen LogP contribution is 2.41. The maximum Gasteiger partial charge on any atom is 0.495 e. The first-order valence-corrected chi connectivity index (χ1v) is 9.73. The van der Waals surface area contributed by atoms with Crippen LogP contribution in [-0.4, -0.2) is 18.3 Å². The Morgan fingerprint density at radius 2 is 1.33 bits per heavy atom. The monoisotopic (exact) mass is 362 g/mol. The predicted octanol–water partition coefficient (Wildman–Crippen LogP) is 6.16. The van der Waals surface area contributed by atoms with Gasteiger partial charge in [-0.2, -0.15) is 0 Å². The molecule has 0 amide bonds. The van der Waals surface area contributed by atoms with Crippen molar-refractivity contribution in [2.24, 2.45) is 0 Å². The van der Waals surface area contributed by atoms with Gasteiger partial charge in [0.15, 0.2) is 0 Å². The van der Waals surface area contributed by atoms with E-state index < -0.39 is 7.12 Å². The van der Waals surface area contributed by atoms with Crippen LogP contribution < -0.4 is 0 Å². The van der Waals surface area contributed by atoms with Gasteiger partial charge in [0.1, 0.15) is 0 Å². The Morgan fingerprint density at radius 3 is 1.81 bits per heavy atom. The van der Waals surface area contributed by atoms with E-state index in [0.29, 0.717) is 0 Å². The highest BCUT2D eigenvalue weighted by atomic mass is 16.7. The summed E-state index contributed by atoms with van der Waals surface area (Å²) in [5.41, 5.74) is 4.05. The van der Waals surface area contributed by atoms with Crippen molar-refractivity contribution in [1.82, 2.24) is 0 Å². The SMILES string of the molecule is CC(C)(C)c1ccc(/C(=C/c2ccccc2)B2OC(C)(C)C(C)(C)O2)cc1. The van der Waals surface area contributed by atoms with Gasteiger partial charge >= 0.3 is 7.12 Å². The first kappa shape index (κ1) is 19.9. The second-order valence-electron chi connectivity index (χ2n) is 9.43. The van der Waals surface area contributed by atoms with Gasteiger partial charge in [-0.05, 0) is 55.3 Å². The zero-order valence-electron chi connectivity index (χ0n) is 17.7. The molecule has 0 radical (unpaired) electrons. The Morgan fingerprint density at radius 1 is 0.815 bits per heavy atom. The van der Waals surface area contributed by atoms with Crippen LogP contribution in [0.3, 0.4) is 0 Å². The van der Waals surface area contributed by atoms with Gasteiger partial charge in [-0.25, -0.2) is 0 Å². The molecule has 27 heavy (non-hydrogen) atoms. The molecular formula is C24H31BO2. The van der Waals surface area contributed by atoms with E-state index in [0.717, 1.165) is 16.6 Å². The van der Waals surface area contributed by atoms with Crippen molar-refractivity contribution in [3.8, 4) is 0 Å². The Kier molecular flexibility index (Phi) is 5.13. The lowest BCUT2D eigenvalue weighted by Crippen LogP contribution is -2.41. The molecular weight excluding hydrogens is 331 g/mol. The van der Waals surface area contributed by atoms with Gasteiger partial charge in [0.25, 0.3) is 0 Å². The smallest absolute Gasteiger partial charge is 0.399 e. The first-order valence-electron chi connectivity index (χ1n) is 9.73. The van der Waals surface area contributed by atoms with Gasteiger partial charge in [-0.15, -0.1) is 0 Å². The van der Waals surface area contributed by atoms with Crippen LogP contribution in [0.4, 0.5) is 0 Å². The zero-order valence-corrected chi connectivity index (χ0v) is 17.7. The molecule has 142 valence electrons. The van der Waals surface area contributed by atoms with Crippen LogP contribution in [0.15, 0.2) is 54.6 Å². The summed E-state index contributed by atoms with van der Waals surface area (Å²) in [6.07, 6.45) is 2.17.